The van der Waals surface area contributed by atoms with E-state index in [0.717, 1.165) is 0 Å². The minimum absolute atomic E-state index is 0.156. The standard InChI is InChI=1S/C13H12F2O2S/c14-12-9-6-7-10(8-9)13(12,15)18(16,17)11-4-2-1-3-5-11/h1-7,9-10,12H,8H2/t9-,10+,12-,13-/m0/s1. The molecule has 0 radical (unpaired) electrons. The van der Waals surface area contributed by atoms with Crippen molar-refractivity contribution in [1.29, 1.82) is 0 Å². The van der Waals surface area contributed by atoms with Gasteiger partial charge >= 0.3 is 0 Å². The highest BCUT2D eigenvalue weighted by Gasteiger charge is 2.65. The van der Waals surface area contributed by atoms with Crippen LogP contribution in [0.1, 0.15) is 6.42 Å². The minimum Gasteiger partial charge on any atom is -0.242 e. The number of hydrogen-bond donors (Lipinski definition) is 0. The van der Waals surface area contributed by atoms with Crippen LogP contribution in [0.5, 0.6) is 0 Å². The Balaban J connectivity index is 2.13. The Morgan fingerprint density at radius 1 is 1.17 bits per heavy atom. The van der Waals surface area contributed by atoms with Crippen LogP contribution in [0.15, 0.2) is 47.4 Å². The Morgan fingerprint density at radius 3 is 2.39 bits per heavy atom. The molecule has 0 aromatic heterocycles. The number of halogens is 2. The first-order chi connectivity index (χ1) is 8.48. The molecule has 0 spiro atoms. The Bertz CT molecular complexity index is 597. The lowest BCUT2D eigenvalue weighted by atomic mass is 10.0. The zero-order chi connectivity index (χ0) is 13.0. The molecule has 0 N–H and O–H groups in total. The van der Waals surface area contributed by atoms with Gasteiger partial charge in [-0.3, -0.25) is 0 Å². The Morgan fingerprint density at radius 2 is 1.83 bits per heavy atom. The van der Waals surface area contributed by atoms with Crippen molar-refractivity contribution in [2.75, 3.05) is 0 Å². The van der Waals surface area contributed by atoms with E-state index in [1.807, 2.05) is 0 Å². The molecule has 2 nitrogen and oxygen atoms in total. The van der Waals surface area contributed by atoms with Crippen molar-refractivity contribution in [3.8, 4) is 0 Å². The minimum atomic E-state index is -4.31. The van der Waals surface area contributed by atoms with Crippen LogP contribution in [0, 0.1) is 11.8 Å². The SMILES string of the molecule is O=S(=O)(c1ccccc1)[C@@]1(F)[C@@H]2C=C[C@@H](C2)[C@@H]1F. The zero-order valence-corrected chi connectivity index (χ0v) is 10.3. The summed E-state index contributed by atoms with van der Waals surface area (Å²) in [6, 6.07) is 7.26. The topological polar surface area (TPSA) is 34.1 Å². The summed E-state index contributed by atoms with van der Waals surface area (Å²) in [6.45, 7) is 0. The molecule has 2 aliphatic rings. The van der Waals surface area contributed by atoms with Crippen LogP contribution in [0.2, 0.25) is 0 Å². The van der Waals surface area contributed by atoms with Gasteiger partial charge in [0.25, 0.3) is 5.00 Å². The first-order valence-corrected chi connectivity index (χ1v) is 7.27. The van der Waals surface area contributed by atoms with Gasteiger partial charge in [0, 0.05) is 11.8 Å². The van der Waals surface area contributed by atoms with Gasteiger partial charge in [-0.15, -0.1) is 0 Å². The quantitative estimate of drug-likeness (QED) is 0.774. The summed E-state index contributed by atoms with van der Waals surface area (Å²) in [4.78, 5) is -0.156. The molecule has 2 bridgehead atoms. The molecular formula is C13H12F2O2S. The van der Waals surface area contributed by atoms with E-state index in [2.05, 4.69) is 0 Å². The van der Waals surface area contributed by atoms with E-state index in [-0.39, 0.29) is 11.3 Å². The molecule has 3 rings (SSSR count). The van der Waals surface area contributed by atoms with Gasteiger partial charge in [-0.25, -0.2) is 17.2 Å². The van der Waals surface area contributed by atoms with E-state index in [4.69, 9.17) is 0 Å². The van der Waals surface area contributed by atoms with Gasteiger partial charge in [0.2, 0.25) is 9.84 Å². The molecule has 2 aliphatic carbocycles. The fraction of sp³-hybridized carbons (Fsp3) is 0.385. The van der Waals surface area contributed by atoms with Crippen LogP contribution in [0.25, 0.3) is 0 Å². The molecule has 5 heteroatoms. The molecule has 1 fully saturated rings. The Hall–Kier alpha value is -1.23. The lowest BCUT2D eigenvalue weighted by Gasteiger charge is -2.29. The van der Waals surface area contributed by atoms with Crippen LogP contribution < -0.4 is 0 Å². The van der Waals surface area contributed by atoms with E-state index < -0.39 is 32.8 Å². The third-order valence-electron chi connectivity index (χ3n) is 3.84. The fourth-order valence-electron chi connectivity index (χ4n) is 2.86. The number of allylic oxidation sites excluding steroid dienone is 2. The van der Waals surface area contributed by atoms with Crippen LogP contribution in [-0.4, -0.2) is 19.6 Å². The smallest absolute Gasteiger partial charge is 0.242 e. The van der Waals surface area contributed by atoms with Crippen LogP contribution in [0.4, 0.5) is 8.78 Å². The van der Waals surface area contributed by atoms with Crippen molar-refractivity contribution in [3.05, 3.63) is 42.5 Å². The summed E-state index contributed by atoms with van der Waals surface area (Å²) in [5, 5.41) is -2.81. The maximum atomic E-state index is 14.9. The molecule has 1 aromatic carbocycles. The lowest BCUT2D eigenvalue weighted by molar-refractivity contribution is 0.114. The third-order valence-corrected chi connectivity index (χ3v) is 6.08. The van der Waals surface area contributed by atoms with Gasteiger partial charge in [0.15, 0.2) is 6.17 Å². The predicted octanol–water partition coefficient (Wildman–Crippen LogP) is 2.67. The normalized spacial score (nSPS) is 38.2. The molecule has 1 aromatic rings. The van der Waals surface area contributed by atoms with Gasteiger partial charge in [-0.05, 0) is 18.6 Å². The van der Waals surface area contributed by atoms with Crippen molar-refractivity contribution < 1.29 is 17.2 Å². The first-order valence-electron chi connectivity index (χ1n) is 5.79. The molecule has 0 amide bonds. The van der Waals surface area contributed by atoms with Crippen LogP contribution >= 0.6 is 0 Å². The first kappa shape index (κ1) is 11.8. The van der Waals surface area contributed by atoms with Gasteiger partial charge in [-0.2, -0.15) is 0 Å². The second-order valence-electron chi connectivity index (χ2n) is 4.81. The highest BCUT2D eigenvalue weighted by molar-refractivity contribution is 7.92. The molecule has 0 heterocycles. The fourth-order valence-corrected chi connectivity index (χ4v) is 4.78. The van der Waals surface area contributed by atoms with Crippen molar-refractivity contribution >= 4 is 9.84 Å². The van der Waals surface area contributed by atoms with Gasteiger partial charge < -0.3 is 0 Å². The molecule has 1 saturated carbocycles. The number of alkyl halides is 2. The van der Waals surface area contributed by atoms with Crippen molar-refractivity contribution in [2.45, 2.75) is 22.5 Å². The highest BCUT2D eigenvalue weighted by atomic mass is 32.2. The van der Waals surface area contributed by atoms with Crippen LogP contribution in [0.3, 0.4) is 0 Å². The average Bonchev–Trinajstić information content (AvgIpc) is 2.94. The highest BCUT2D eigenvalue weighted by Crippen LogP contribution is 2.54. The Labute approximate surface area is 104 Å². The second kappa shape index (κ2) is 3.63. The average molecular weight is 270 g/mol. The summed E-state index contributed by atoms with van der Waals surface area (Å²) in [5.74, 6) is -1.49. The largest absolute Gasteiger partial charge is 0.252 e. The van der Waals surface area contributed by atoms with Crippen molar-refractivity contribution in [2.24, 2.45) is 11.8 Å². The monoisotopic (exact) mass is 270 g/mol. The zero-order valence-electron chi connectivity index (χ0n) is 9.46. The second-order valence-corrected chi connectivity index (χ2v) is 6.91. The lowest BCUT2D eigenvalue weighted by Crippen LogP contribution is -2.46. The number of hydrogen-bond acceptors (Lipinski definition) is 2. The van der Waals surface area contributed by atoms with E-state index in [1.54, 1.807) is 12.1 Å². The van der Waals surface area contributed by atoms with Crippen molar-refractivity contribution in [3.63, 3.8) is 0 Å². The maximum absolute atomic E-state index is 14.9. The van der Waals surface area contributed by atoms with Crippen molar-refractivity contribution in [1.82, 2.24) is 0 Å². The summed E-state index contributed by atoms with van der Waals surface area (Å²) < 4.78 is 53.5. The number of fused-ring (bicyclic) bond motifs is 2. The molecule has 18 heavy (non-hydrogen) atoms. The molecular weight excluding hydrogens is 258 g/mol. The summed E-state index contributed by atoms with van der Waals surface area (Å²) in [5.41, 5.74) is 0. The van der Waals surface area contributed by atoms with E-state index in [9.17, 15) is 17.2 Å². The third kappa shape index (κ3) is 1.28. The van der Waals surface area contributed by atoms with E-state index >= 15 is 0 Å². The van der Waals surface area contributed by atoms with Gasteiger partial charge in [0.05, 0.1) is 4.90 Å². The maximum Gasteiger partial charge on any atom is 0.252 e. The number of benzene rings is 1. The van der Waals surface area contributed by atoms with Gasteiger partial charge in [0.1, 0.15) is 0 Å². The Kier molecular flexibility index (Phi) is 2.39. The van der Waals surface area contributed by atoms with E-state index in [0.29, 0.717) is 0 Å². The van der Waals surface area contributed by atoms with E-state index in [1.165, 1.54) is 30.3 Å². The number of rotatable bonds is 2. The molecule has 0 aliphatic heterocycles. The van der Waals surface area contributed by atoms with Gasteiger partial charge in [-0.1, -0.05) is 30.4 Å². The molecule has 0 saturated heterocycles. The molecule has 96 valence electrons. The number of sulfone groups is 1. The summed E-state index contributed by atoms with van der Waals surface area (Å²) in [6.07, 6.45) is 1.33. The summed E-state index contributed by atoms with van der Waals surface area (Å²) >= 11 is 0. The predicted molar refractivity (Wildman–Crippen MR) is 63.1 cm³/mol. The molecule has 4 atom stereocenters. The summed E-state index contributed by atoms with van der Waals surface area (Å²) in [7, 11) is -4.31. The molecule has 0 unspecified atom stereocenters. The van der Waals surface area contributed by atoms with Crippen LogP contribution in [-0.2, 0) is 9.84 Å².